The molecule has 12 heavy (non-hydrogen) atoms. The predicted octanol–water partition coefficient (Wildman–Crippen LogP) is 2.95. The van der Waals surface area contributed by atoms with E-state index in [0.717, 1.165) is 12.1 Å². The van der Waals surface area contributed by atoms with Crippen LogP contribution in [0.25, 0.3) is 0 Å². The minimum atomic E-state index is 0.480. The number of hydrogen-bond acceptors (Lipinski definition) is 2. The first kappa shape index (κ1) is 9.33. The molecule has 0 fully saturated rings. The Hall–Kier alpha value is -0.760. The topological polar surface area (TPSA) is 24.9 Å². The molecule has 1 aromatic heterocycles. The van der Waals surface area contributed by atoms with Gasteiger partial charge in [-0.2, -0.15) is 0 Å². The molecule has 0 saturated heterocycles. The number of nitrogens with zero attached hydrogens (tertiary/aromatic N) is 1. The van der Waals surface area contributed by atoms with E-state index in [-0.39, 0.29) is 0 Å². The van der Waals surface area contributed by atoms with Crippen LogP contribution in [-0.2, 0) is 0 Å². The van der Waals surface area contributed by atoms with Gasteiger partial charge in [-0.3, -0.25) is 0 Å². The van der Waals surface area contributed by atoms with Crippen LogP contribution < -0.4 is 5.32 Å². The minimum absolute atomic E-state index is 0.480. The minimum Gasteiger partial charge on any atom is -0.381 e. The van der Waals surface area contributed by atoms with Crippen LogP contribution in [0.1, 0.15) is 20.3 Å². The van der Waals surface area contributed by atoms with Gasteiger partial charge in [0.1, 0.15) is 5.15 Å². The summed E-state index contributed by atoms with van der Waals surface area (Å²) in [6, 6.07) is 4.20. The van der Waals surface area contributed by atoms with Crippen molar-refractivity contribution < 1.29 is 0 Å². The van der Waals surface area contributed by atoms with Crippen molar-refractivity contribution in [3.8, 4) is 0 Å². The molecule has 1 atom stereocenters. The van der Waals surface area contributed by atoms with Gasteiger partial charge in [-0.05, 0) is 25.5 Å². The van der Waals surface area contributed by atoms with Crippen molar-refractivity contribution in [2.24, 2.45) is 0 Å². The summed E-state index contributed by atoms with van der Waals surface area (Å²) in [6.45, 7) is 4.27. The van der Waals surface area contributed by atoms with Gasteiger partial charge in [0.05, 0.1) is 11.9 Å². The van der Waals surface area contributed by atoms with Crippen LogP contribution in [0.3, 0.4) is 0 Å². The fraction of sp³-hybridized carbons (Fsp3) is 0.444. The molecular formula is C9H13ClN2. The number of aromatic nitrogens is 1. The molecule has 0 aliphatic carbocycles. The average Bonchev–Trinajstić information content (AvgIpc) is 2.09. The highest BCUT2D eigenvalue weighted by Crippen LogP contribution is 2.11. The molecule has 1 rings (SSSR count). The highest BCUT2D eigenvalue weighted by molar-refractivity contribution is 6.29. The predicted molar refractivity (Wildman–Crippen MR) is 52.6 cm³/mol. The van der Waals surface area contributed by atoms with Crippen molar-refractivity contribution in [3.63, 3.8) is 0 Å². The molecule has 0 saturated carbocycles. The molecule has 1 heterocycles. The van der Waals surface area contributed by atoms with Crippen LogP contribution in [0, 0.1) is 0 Å². The maximum absolute atomic E-state index is 5.64. The van der Waals surface area contributed by atoms with Crippen LogP contribution in [0.2, 0.25) is 5.15 Å². The SMILES string of the molecule is CCC(C)Nc1ccc(Cl)nc1. The van der Waals surface area contributed by atoms with Crippen LogP contribution in [0.4, 0.5) is 5.69 Å². The van der Waals surface area contributed by atoms with E-state index in [1.807, 2.05) is 6.07 Å². The number of rotatable bonds is 3. The summed E-state index contributed by atoms with van der Waals surface area (Å²) in [5, 5.41) is 3.83. The summed E-state index contributed by atoms with van der Waals surface area (Å²) in [5.74, 6) is 0. The monoisotopic (exact) mass is 184 g/mol. The molecule has 0 spiro atoms. The number of pyridine rings is 1. The Morgan fingerprint density at radius 3 is 2.83 bits per heavy atom. The zero-order chi connectivity index (χ0) is 8.97. The van der Waals surface area contributed by atoms with Gasteiger partial charge in [0, 0.05) is 6.04 Å². The fourth-order valence-corrected chi connectivity index (χ4v) is 0.960. The van der Waals surface area contributed by atoms with Crippen LogP contribution >= 0.6 is 11.6 Å². The van der Waals surface area contributed by atoms with Gasteiger partial charge in [-0.15, -0.1) is 0 Å². The summed E-state index contributed by atoms with van der Waals surface area (Å²) in [5.41, 5.74) is 1.02. The highest BCUT2D eigenvalue weighted by Gasteiger charge is 1.97. The second kappa shape index (κ2) is 4.31. The Morgan fingerprint density at radius 1 is 1.58 bits per heavy atom. The Morgan fingerprint density at radius 2 is 2.33 bits per heavy atom. The third-order valence-corrected chi connectivity index (χ3v) is 1.98. The lowest BCUT2D eigenvalue weighted by molar-refractivity contribution is 0.763. The summed E-state index contributed by atoms with van der Waals surface area (Å²) < 4.78 is 0. The Kier molecular flexibility index (Phi) is 3.35. The van der Waals surface area contributed by atoms with Crippen molar-refractivity contribution in [1.29, 1.82) is 0 Å². The quantitative estimate of drug-likeness (QED) is 0.731. The van der Waals surface area contributed by atoms with E-state index in [0.29, 0.717) is 11.2 Å². The average molecular weight is 185 g/mol. The zero-order valence-corrected chi connectivity index (χ0v) is 8.10. The second-order valence-electron chi connectivity index (χ2n) is 2.82. The normalized spacial score (nSPS) is 12.6. The molecular weight excluding hydrogens is 172 g/mol. The van der Waals surface area contributed by atoms with Gasteiger partial charge in [-0.1, -0.05) is 18.5 Å². The van der Waals surface area contributed by atoms with Crippen LogP contribution in [0.5, 0.6) is 0 Å². The smallest absolute Gasteiger partial charge is 0.129 e. The van der Waals surface area contributed by atoms with Gasteiger partial charge in [0.15, 0.2) is 0 Å². The lowest BCUT2D eigenvalue weighted by Crippen LogP contribution is -2.13. The molecule has 0 aliphatic heterocycles. The molecule has 1 aromatic rings. The van der Waals surface area contributed by atoms with Gasteiger partial charge in [0.25, 0.3) is 0 Å². The summed E-state index contributed by atoms with van der Waals surface area (Å²) in [6.07, 6.45) is 2.84. The molecule has 0 aromatic carbocycles. The van der Waals surface area contributed by atoms with E-state index >= 15 is 0 Å². The zero-order valence-electron chi connectivity index (χ0n) is 7.34. The van der Waals surface area contributed by atoms with Crippen molar-refractivity contribution in [1.82, 2.24) is 4.98 Å². The van der Waals surface area contributed by atoms with Gasteiger partial charge in [-0.25, -0.2) is 4.98 Å². The number of anilines is 1. The largest absolute Gasteiger partial charge is 0.381 e. The maximum Gasteiger partial charge on any atom is 0.129 e. The summed E-state index contributed by atoms with van der Waals surface area (Å²) >= 11 is 5.64. The van der Waals surface area contributed by atoms with E-state index in [2.05, 4.69) is 24.1 Å². The summed E-state index contributed by atoms with van der Waals surface area (Å²) in [4.78, 5) is 3.97. The third kappa shape index (κ3) is 2.70. The van der Waals surface area contributed by atoms with Crippen LogP contribution in [0.15, 0.2) is 18.3 Å². The lowest BCUT2D eigenvalue weighted by Gasteiger charge is -2.11. The molecule has 1 unspecified atom stereocenters. The Bertz CT molecular complexity index is 233. The first-order valence-corrected chi connectivity index (χ1v) is 4.48. The summed E-state index contributed by atoms with van der Waals surface area (Å²) in [7, 11) is 0. The molecule has 0 bridgehead atoms. The number of nitrogens with one attached hydrogen (secondary N) is 1. The number of halogens is 1. The first-order valence-electron chi connectivity index (χ1n) is 4.10. The van der Waals surface area contributed by atoms with E-state index < -0.39 is 0 Å². The van der Waals surface area contributed by atoms with Crippen molar-refractivity contribution in [2.45, 2.75) is 26.3 Å². The Balaban J connectivity index is 2.58. The fourth-order valence-electron chi connectivity index (χ4n) is 0.848. The lowest BCUT2D eigenvalue weighted by atomic mass is 10.2. The number of hydrogen-bond donors (Lipinski definition) is 1. The first-order chi connectivity index (χ1) is 5.72. The van der Waals surface area contributed by atoms with E-state index in [1.54, 1.807) is 12.3 Å². The second-order valence-corrected chi connectivity index (χ2v) is 3.21. The van der Waals surface area contributed by atoms with Crippen molar-refractivity contribution in [3.05, 3.63) is 23.5 Å². The molecule has 2 nitrogen and oxygen atoms in total. The third-order valence-electron chi connectivity index (χ3n) is 1.75. The molecule has 3 heteroatoms. The van der Waals surface area contributed by atoms with Crippen molar-refractivity contribution in [2.75, 3.05) is 5.32 Å². The van der Waals surface area contributed by atoms with E-state index in [9.17, 15) is 0 Å². The van der Waals surface area contributed by atoms with Gasteiger partial charge >= 0.3 is 0 Å². The van der Waals surface area contributed by atoms with E-state index in [4.69, 9.17) is 11.6 Å². The molecule has 1 N–H and O–H groups in total. The van der Waals surface area contributed by atoms with Crippen molar-refractivity contribution >= 4 is 17.3 Å². The molecule has 0 radical (unpaired) electrons. The molecule has 0 amide bonds. The Labute approximate surface area is 78.0 Å². The molecule has 0 aliphatic rings. The maximum atomic E-state index is 5.64. The van der Waals surface area contributed by atoms with Gasteiger partial charge in [0.2, 0.25) is 0 Å². The van der Waals surface area contributed by atoms with Gasteiger partial charge < -0.3 is 5.32 Å². The standard InChI is InChI=1S/C9H13ClN2/c1-3-7(2)12-8-4-5-9(10)11-6-8/h4-7,12H,3H2,1-2H3. The highest BCUT2D eigenvalue weighted by atomic mass is 35.5. The van der Waals surface area contributed by atoms with Crippen LogP contribution in [-0.4, -0.2) is 11.0 Å². The van der Waals surface area contributed by atoms with E-state index in [1.165, 1.54) is 0 Å². The molecule has 66 valence electrons.